The molecule has 2 aromatic rings. The molecule has 0 radical (unpaired) electrons. The summed E-state index contributed by atoms with van der Waals surface area (Å²) in [5.41, 5.74) is 0.777. The van der Waals surface area contributed by atoms with E-state index in [1.54, 1.807) is 29.2 Å². The van der Waals surface area contributed by atoms with E-state index in [4.69, 9.17) is 0 Å². The molecule has 2 aliphatic heterocycles. The number of anilines is 1. The number of rotatable bonds is 2. The van der Waals surface area contributed by atoms with E-state index in [9.17, 15) is 24.3 Å². The molecule has 1 atom stereocenters. The number of aliphatic hydroxyl groups is 1. The van der Waals surface area contributed by atoms with Crippen LogP contribution < -0.4 is 10.2 Å². The quantitative estimate of drug-likeness (QED) is 0.692. The number of aryl methyl sites for hydroxylation is 1. The fraction of sp³-hybridized carbons (Fsp3) is 0.222. The van der Waals surface area contributed by atoms with Crippen molar-refractivity contribution in [2.45, 2.75) is 18.9 Å². The van der Waals surface area contributed by atoms with E-state index in [1.807, 2.05) is 13.0 Å². The molecule has 1 unspecified atom stereocenters. The SMILES string of the molecule is Cc1ccc2c(c1)C(=O)C1(O)CCN(c3ccc(P(=O)(O)O)cc3)C1=N2. The number of carbonyl (C=O) groups is 1. The molecule has 134 valence electrons. The monoisotopic (exact) mass is 372 g/mol. The third-order valence-corrected chi connectivity index (χ3v) is 5.79. The van der Waals surface area contributed by atoms with E-state index in [0.717, 1.165) is 5.56 Å². The Kier molecular flexibility index (Phi) is 3.68. The minimum Gasteiger partial charge on any atom is -0.374 e. The summed E-state index contributed by atoms with van der Waals surface area (Å²) in [6.45, 7) is 2.25. The van der Waals surface area contributed by atoms with Gasteiger partial charge in [-0.05, 0) is 43.3 Å². The van der Waals surface area contributed by atoms with Crippen LogP contribution in [0.4, 0.5) is 11.4 Å². The Morgan fingerprint density at radius 2 is 1.85 bits per heavy atom. The highest BCUT2D eigenvalue weighted by Gasteiger charge is 2.52. The van der Waals surface area contributed by atoms with Gasteiger partial charge in [-0.25, -0.2) is 4.99 Å². The van der Waals surface area contributed by atoms with Gasteiger partial charge in [-0.2, -0.15) is 0 Å². The highest BCUT2D eigenvalue weighted by Crippen LogP contribution is 2.40. The molecule has 1 saturated heterocycles. The second kappa shape index (κ2) is 5.59. The number of aliphatic imine (C=N–C) groups is 1. The number of nitrogens with zero attached hydrogens (tertiary/aromatic N) is 2. The van der Waals surface area contributed by atoms with E-state index in [0.29, 0.717) is 23.5 Å². The minimum absolute atomic E-state index is 0.0850. The Bertz CT molecular complexity index is 995. The van der Waals surface area contributed by atoms with Crippen LogP contribution in [0.3, 0.4) is 0 Å². The number of benzene rings is 2. The molecule has 0 spiro atoms. The number of hydrogen-bond acceptors (Lipinski definition) is 5. The van der Waals surface area contributed by atoms with Gasteiger partial charge in [-0.1, -0.05) is 11.6 Å². The van der Waals surface area contributed by atoms with Crippen LogP contribution in [0.1, 0.15) is 22.3 Å². The van der Waals surface area contributed by atoms with Crippen LogP contribution in [0.25, 0.3) is 0 Å². The molecule has 0 saturated carbocycles. The van der Waals surface area contributed by atoms with Crippen LogP contribution >= 0.6 is 7.60 Å². The van der Waals surface area contributed by atoms with Crippen molar-refractivity contribution in [2.75, 3.05) is 11.4 Å². The first-order valence-corrected chi connectivity index (χ1v) is 9.72. The summed E-state index contributed by atoms with van der Waals surface area (Å²) in [5.74, 6) is -0.113. The molecule has 2 aromatic carbocycles. The van der Waals surface area contributed by atoms with Gasteiger partial charge in [0, 0.05) is 24.2 Å². The molecule has 0 aromatic heterocycles. The largest absolute Gasteiger partial charge is 0.374 e. The van der Waals surface area contributed by atoms with Crippen molar-refractivity contribution in [2.24, 2.45) is 4.99 Å². The van der Waals surface area contributed by atoms with E-state index in [-0.39, 0.29) is 23.3 Å². The standard InChI is InChI=1S/C18H17N2O5P/c1-11-2-7-15-14(10-11)16(21)18(22)8-9-20(17(18)19-15)12-3-5-13(6-4-12)26(23,24)25/h2-7,10,22H,8-9H2,1H3,(H2,23,24,25). The molecule has 4 rings (SSSR count). The maximum Gasteiger partial charge on any atom is 0.356 e. The van der Waals surface area contributed by atoms with Crippen molar-refractivity contribution in [3.63, 3.8) is 0 Å². The van der Waals surface area contributed by atoms with Gasteiger partial charge in [0.25, 0.3) is 0 Å². The summed E-state index contributed by atoms with van der Waals surface area (Å²) in [6, 6.07) is 11.1. The van der Waals surface area contributed by atoms with Crippen LogP contribution in [-0.2, 0) is 4.57 Å². The molecule has 8 heteroatoms. The molecule has 7 nitrogen and oxygen atoms in total. The number of carbonyl (C=O) groups excluding carboxylic acids is 1. The number of Topliss-reactive ketones (excluding diaryl/α,β-unsaturated/α-hetero) is 1. The number of ketones is 1. The lowest BCUT2D eigenvalue weighted by molar-refractivity contribution is 0.0602. The highest BCUT2D eigenvalue weighted by atomic mass is 31.2. The molecule has 2 aliphatic rings. The van der Waals surface area contributed by atoms with Crippen molar-refractivity contribution in [1.29, 1.82) is 0 Å². The fourth-order valence-corrected chi connectivity index (χ4v) is 3.96. The molecule has 0 amide bonds. The first kappa shape index (κ1) is 17.1. The third kappa shape index (κ3) is 2.52. The van der Waals surface area contributed by atoms with Crippen LogP contribution in [0.15, 0.2) is 47.5 Å². The summed E-state index contributed by atoms with van der Waals surface area (Å²) < 4.78 is 11.3. The maximum atomic E-state index is 12.9. The Balaban J connectivity index is 1.78. The van der Waals surface area contributed by atoms with Crippen molar-refractivity contribution < 1.29 is 24.3 Å². The molecule has 1 fully saturated rings. The lowest BCUT2D eigenvalue weighted by atomic mass is 9.87. The first-order valence-electron chi connectivity index (χ1n) is 8.11. The van der Waals surface area contributed by atoms with Crippen LogP contribution in [0.2, 0.25) is 0 Å². The zero-order valence-electron chi connectivity index (χ0n) is 14.0. The molecule has 2 heterocycles. The van der Waals surface area contributed by atoms with Gasteiger partial charge in [-0.3, -0.25) is 9.36 Å². The first-order chi connectivity index (χ1) is 12.2. The van der Waals surface area contributed by atoms with Crippen LogP contribution in [0, 0.1) is 6.92 Å². The van der Waals surface area contributed by atoms with Gasteiger partial charge < -0.3 is 19.8 Å². The molecular formula is C18H17N2O5P. The second-order valence-corrected chi connectivity index (χ2v) is 8.21. The number of amidine groups is 1. The molecular weight excluding hydrogens is 355 g/mol. The summed E-state index contributed by atoms with van der Waals surface area (Å²) in [4.78, 5) is 37.6. The van der Waals surface area contributed by atoms with E-state index in [2.05, 4.69) is 4.99 Å². The summed E-state index contributed by atoms with van der Waals surface area (Å²) >= 11 is 0. The van der Waals surface area contributed by atoms with Crippen molar-refractivity contribution in [3.8, 4) is 0 Å². The summed E-state index contributed by atoms with van der Waals surface area (Å²) in [6.07, 6.45) is 0.207. The van der Waals surface area contributed by atoms with Gasteiger partial charge in [0.2, 0.25) is 5.78 Å². The zero-order chi connectivity index (χ0) is 18.7. The average Bonchev–Trinajstić information content (AvgIpc) is 2.93. The lowest BCUT2D eigenvalue weighted by Gasteiger charge is -2.29. The average molecular weight is 372 g/mol. The van der Waals surface area contributed by atoms with Crippen molar-refractivity contribution in [1.82, 2.24) is 0 Å². The van der Waals surface area contributed by atoms with Crippen LogP contribution in [-0.4, -0.2) is 38.7 Å². The lowest BCUT2D eigenvalue weighted by Crippen LogP contribution is -2.48. The highest BCUT2D eigenvalue weighted by molar-refractivity contribution is 7.60. The molecule has 3 N–H and O–H groups in total. The predicted octanol–water partition coefficient (Wildman–Crippen LogP) is 1.67. The molecule has 0 aliphatic carbocycles. The fourth-order valence-electron chi connectivity index (χ4n) is 3.43. The van der Waals surface area contributed by atoms with Gasteiger partial charge in [0.1, 0.15) is 5.84 Å². The van der Waals surface area contributed by atoms with Gasteiger partial charge >= 0.3 is 7.60 Å². The minimum atomic E-state index is -4.32. The van der Waals surface area contributed by atoms with E-state index >= 15 is 0 Å². The second-order valence-electron chi connectivity index (χ2n) is 6.61. The summed E-state index contributed by atoms with van der Waals surface area (Å²) in [7, 11) is -4.32. The third-order valence-electron chi connectivity index (χ3n) is 4.82. The Morgan fingerprint density at radius 3 is 2.50 bits per heavy atom. The van der Waals surface area contributed by atoms with Crippen molar-refractivity contribution >= 4 is 35.9 Å². The van der Waals surface area contributed by atoms with Crippen molar-refractivity contribution in [3.05, 3.63) is 53.6 Å². The Labute approximate surface area is 149 Å². The Hall–Kier alpha value is -2.31. The zero-order valence-corrected chi connectivity index (χ0v) is 14.8. The number of fused-ring (bicyclic) bond motifs is 2. The Morgan fingerprint density at radius 1 is 1.15 bits per heavy atom. The predicted molar refractivity (Wildman–Crippen MR) is 97.6 cm³/mol. The topological polar surface area (TPSA) is 110 Å². The maximum absolute atomic E-state index is 12.9. The van der Waals surface area contributed by atoms with Gasteiger partial charge in [0.05, 0.1) is 11.0 Å². The molecule has 26 heavy (non-hydrogen) atoms. The smallest absolute Gasteiger partial charge is 0.356 e. The normalized spacial score (nSPS) is 22.1. The molecule has 0 bridgehead atoms. The van der Waals surface area contributed by atoms with Crippen LogP contribution in [0.5, 0.6) is 0 Å². The van der Waals surface area contributed by atoms with E-state index in [1.165, 1.54) is 12.1 Å². The van der Waals surface area contributed by atoms with E-state index < -0.39 is 13.2 Å². The summed E-state index contributed by atoms with van der Waals surface area (Å²) in [5, 5.41) is 10.9. The number of hydrogen-bond donors (Lipinski definition) is 3. The van der Waals surface area contributed by atoms with Gasteiger partial charge in [0.15, 0.2) is 5.60 Å². The van der Waals surface area contributed by atoms with Gasteiger partial charge in [-0.15, -0.1) is 0 Å².